The summed E-state index contributed by atoms with van der Waals surface area (Å²) in [7, 11) is 0. The molecule has 0 amide bonds. The second-order valence-corrected chi connectivity index (χ2v) is 7.12. The molecular formula is C24H15N3O2. The maximum absolute atomic E-state index is 11.1. The highest BCUT2D eigenvalue weighted by Crippen LogP contribution is 2.49. The van der Waals surface area contributed by atoms with Crippen LogP contribution in [0.2, 0.25) is 0 Å². The zero-order chi connectivity index (χ0) is 19.5. The number of nitrogens with zero attached hydrogens (tertiary/aromatic N) is 3. The molecule has 138 valence electrons. The van der Waals surface area contributed by atoms with Crippen molar-refractivity contribution in [1.29, 1.82) is 0 Å². The van der Waals surface area contributed by atoms with Gasteiger partial charge in [0.25, 0.3) is 5.69 Å². The Bertz CT molecular complexity index is 1430. The van der Waals surface area contributed by atoms with E-state index in [0.717, 1.165) is 28.3 Å². The molecule has 0 N–H and O–H groups in total. The number of non-ortho nitro benzene ring substituents is 1. The van der Waals surface area contributed by atoms with Crippen molar-refractivity contribution in [3.8, 4) is 5.69 Å². The number of hydrogen-bond acceptors (Lipinski definition) is 3. The molecule has 6 rings (SSSR count). The number of rotatable bonds is 2. The molecule has 0 saturated heterocycles. The fraction of sp³-hybridized carbons (Fsp3) is 0. The molecule has 0 bridgehead atoms. The van der Waals surface area contributed by atoms with Crippen LogP contribution in [0.15, 0.2) is 91.0 Å². The molecule has 5 heteroatoms. The topological polar surface area (TPSA) is 51.3 Å². The minimum absolute atomic E-state index is 0.0892. The molecule has 2 heterocycles. The van der Waals surface area contributed by atoms with E-state index < -0.39 is 0 Å². The third-order valence-corrected chi connectivity index (χ3v) is 5.60. The number of para-hydroxylation sites is 4. The first-order valence-corrected chi connectivity index (χ1v) is 9.40. The fourth-order valence-electron chi connectivity index (χ4n) is 4.40. The number of nitro groups is 1. The van der Waals surface area contributed by atoms with E-state index in [0.29, 0.717) is 0 Å². The lowest BCUT2D eigenvalue weighted by Gasteiger charge is -2.33. The monoisotopic (exact) mass is 377 g/mol. The fourth-order valence-corrected chi connectivity index (χ4v) is 4.40. The summed E-state index contributed by atoms with van der Waals surface area (Å²) in [4.78, 5) is 12.9. The SMILES string of the molecule is O=[N+]([O-])c1ccc(N2c3ccccc3-n3c4ccccc4c4cccc2c43)cc1. The Kier molecular flexibility index (Phi) is 3.12. The van der Waals surface area contributed by atoms with Crippen molar-refractivity contribution < 1.29 is 4.92 Å². The smallest absolute Gasteiger partial charge is 0.269 e. The summed E-state index contributed by atoms with van der Waals surface area (Å²) < 4.78 is 2.32. The van der Waals surface area contributed by atoms with Gasteiger partial charge in [0.2, 0.25) is 0 Å². The molecule has 0 aliphatic carbocycles. The predicted molar refractivity (Wildman–Crippen MR) is 116 cm³/mol. The second kappa shape index (κ2) is 5.69. The number of fused-ring (bicyclic) bond motifs is 5. The first-order valence-electron chi connectivity index (χ1n) is 9.40. The standard InChI is InChI=1S/C24H15N3O2/c28-27(29)17-14-12-16(13-15-17)25-21-9-3-4-10-22(21)26-20-8-2-1-6-18(20)19-7-5-11-23(25)24(19)26/h1-15H. The predicted octanol–water partition coefficient (Wildman–Crippen LogP) is 6.48. The van der Waals surface area contributed by atoms with Crippen LogP contribution in [0, 0.1) is 10.1 Å². The summed E-state index contributed by atoms with van der Waals surface area (Å²) in [6.45, 7) is 0. The molecule has 0 unspecified atom stereocenters. The minimum atomic E-state index is -0.369. The molecule has 5 nitrogen and oxygen atoms in total. The lowest BCUT2D eigenvalue weighted by Crippen LogP contribution is -2.17. The van der Waals surface area contributed by atoms with Crippen molar-refractivity contribution in [3.63, 3.8) is 0 Å². The Hall–Kier alpha value is -4.12. The zero-order valence-corrected chi connectivity index (χ0v) is 15.3. The van der Waals surface area contributed by atoms with Crippen LogP contribution in [0.1, 0.15) is 0 Å². The van der Waals surface area contributed by atoms with Gasteiger partial charge < -0.3 is 9.47 Å². The summed E-state index contributed by atoms with van der Waals surface area (Å²) >= 11 is 0. The Labute approximate surface area is 166 Å². The molecule has 4 aromatic carbocycles. The third kappa shape index (κ3) is 2.09. The van der Waals surface area contributed by atoms with E-state index in [1.54, 1.807) is 12.1 Å². The highest BCUT2D eigenvalue weighted by Gasteiger charge is 2.28. The van der Waals surface area contributed by atoms with Gasteiger partial charge in [-0.1, -0.05) is 42.5 Å². The molecular weight excluding hydrogens is 362 g/mol. The molecule has 0 radical (unpaired) electrons. The van der Waals surface area contributed by atoms with Crippen molar-refractivity contribution in [2.45, 2.75) is 0 Å². The van der Waals surface area contributed by atoms with Crippen molar-refractivity contribution in [3.05, 3.63) is 101 Å². The van der Waals surface area contributed by atoms with Crippen molar-refractivity contribution in [1.82, 2.24) is 4.57 Å². The summed E-state index contributed by atoms with van der Waals surface area (Å²) in [5.41, 5.74) is 6.50. The molecule has 1 aromatic heterocycles. The van der Waals surface area contributed by atoms with E-state index in [-0.39, 0.29) is 10.6 Å². The molecule has 5 aromatic rings. The molecule has 0 fully saturated rings. The Morgan fingerprint density at radius 2 is 1.31 bits per heavy atom. The number of aromatic nitrogens is 1. The van der Waals surface area contributed by atoms with Crippen LogP contribution >= 0.6 is 0 Å². The summed E-state index contributed by atoms with van der Waals surface area (Å²) in [5, 5.41) is 13.5. The van der Waals surface area contributed by atoms with E-state index in [9.17, 15) is 10.1 Å². The Balaban J connectivity index is 1.73. The minimum Gasteiger partial charge on any atom is -0.306 e. The van der Waals surface area contributed by atoms with Gasteiger partial charge in [0.1, 0.15) is 0 Å². The number of hydrogen-bond donors (Lipinski definition) is 0. The molecule has 0 atom stereocenters. The molecule has 1 aliphatic rings. The molecule has 0 saturated carbocycles. The normalized spacial score (nSPS) is 12.3. The summed E-state index contributed by atoms with van der Waals surface area (Å²) in [6.07, 6.45) is 0. The number of benzene rings is 4. The van der Waals surface area contributed by atoms with Crippen LogP contribution in [-0.2, 0) is 0 Å². The van der Waals surface area contributed by atoms with Crippen LogP contribution in [0.4, 0.5) is 22.7 Å². The highest BCUT2D eigenvalue weighted by atomic mass is 16.6. The quantitative estimate of drug-likeness (QED) is 0.256. The van der Waals surface area contributed by atoms with E-state index >= 15 is 0 Å². The largest absolute Gasteiger partial charge is 0.306 e. The van der Waals surface area contributed by atoms with Gasteiger partial charge in [0.15, 0.2) is 0 Å². The van der Waals surface area contributed by atoms with Crippen LogP contribution in [-0.4, -0.2) is 9.49 Å². The lowest BCUT2D eigenvalue weighted by molar-refractivity contribution is -0.384. The average Bonchev–Trinajstić information content (AvgIpc) is 3.10. The average molecular weight is 377 g/mol. The van der Waals surface area contributed by atoms with Gasteiger partial charge in [0, 0.05) is 28.6 Å². The number of anilines is 3. The van der Waals surface area contributed by atoms with Crippen molar-refractivity contribution >= 4 is 44.6 Å². The Morgan fingerprint density at radius 3 is 2.10 bits per heavy atom. The van der Waals surface area contributed by atoms with Gasteiger partial charge in [-0.3, -0.25) is 10.1 Å². The van der Waals surface area contributed by atoms with Gasteiger partial charge in [-0.2, -0.15) is 0 Å². The Morgan fingerprint density at radius 1 is 0.655 bits per heavy atom. The van der Waals surface area contributed by atoms with Gasteiger partial charge in [0.05, 0.1) is 33.0 Å². The van der Waals surface area contributed by atoms with Gasteiger partial charge in [-0.25, -0.2) is 0 Å². The van der Waals surface area contributed by atoms with Gasteiger partial charge >= 0.3 is 0 Å². The highest BCUT2D eigenvalue weighted by molar-refractivity contribution is 6.16. The van der Waals surface area contributed by atoms with Crippen LogP contribution in [0.25, 0.3) is 27.5 Å². The van der Waals surface area contributed by atoms with Gasteiger partial charge in [-0.15, -0.1) is 0 Å². The molecule has 0 spiro atoms. The van der Waals surface area contributed by atoms with Crippen molar-refractivity contribution in [2.75, 3.05) is 4.90 Å². The zero-order valence-electron chi connectivity index (χ0n) is 15.3. The summed E-state index contributed by atoms with van der Waals surface area (Å²) in [5.74, 6) is 0. The molecule has 29 heavy (non-hydrogen) atoms. The van der Waals surface area contributed by atoms with Gasteiger partial charge in [-0.05, 0) is 36.4 Å². The lowest BCUT2D eigenvalue weighted by atomic mass is 10.1. The first-order chi connectivity index (χ1) is 14.2. The van der Waals surface area contributed by atoms with E-state index in [2.05, 4.69) is 64.1 Å². The van der Waals surface area contributed by atoms with Crippen LogP contribution in [0.5, 0.6) is 0 Å². The maximum Gasteiger partial charge on any atom is 0.269 e. The molecule has 1 aliphatic heterocycles. The second-order valence-electron chi connectivity index (χ2n) is 7.12. The van der Waals surface area contributed by atoms with E-state index in [1.165, 1.54) is 16.3 Å². The number of nitro benzene ring substituents is 1. The van der Waals surface area contributed by atoms with E-state index in [1.807, 2.05) is 24.3 Å². The summed E-state index contributed by atoms with van der Waals surface area (Å²) in [6, 6.07) is 29.8. The maximum atomic E-state index is 11.1. The third-order valence-electron chi connectivity index (χ3n) is 5.60. The van der Waals surface area contributed by atoms with E-state index in [4.69, 9.17) is 0 Å². The first kappa shape index (κ1) is 15.9. The van der Waals surface area contributed by atoms with Crippen molar-refractivity contribution in [2.24, 2.45) is 0 Å². The van der Waals surface area contributed by atoms with Crippen LogP contribution in [0.3, 0.4) is 0 Å². The van der Waals surface area contributed by atoms with Crippen LogP contribution < -0.4 is 4.90 Å².